The van der Waals surface area contributed by atoms with Gasteiger partial charge >= 0.3 is 14.7 Å². The van der Waals surface area contributed by atoms with Gasteiger partial charge in [0.15, 0.2) is 12.2 Å². The topological polar surface area (TPSA) is 90.1 Å². The number of aryl methyl sites for hydroxylation is 1. The normalized spacial score (nSPS) is 12.7. The summed E-state index contributed by atoms with van der Waals surface area (Å²) in [4.78, 5) is 23.8. The van der Waals surface area contributed by atoms with Crippen molar-refractivity contribution in [1.82, 2.24) is 5.32 Å². The highest BCUT2D eigenvalue weighted by molar-refractivity contribution is 7.41. The minimum absolute atomic E-state index is 0.0221. The number of unbranched alkanes of at least 4 members (excludes halogenated alkanes) is 13. The molecule has 0 aliphatic carbocycles. The van der Waals surface area contributed by atoms with Crippen molar-refractivity contribution in [1.29, 1.82) is 0 Å². The van der Waals surface area contributed by atoms with Crippen LogP contribution in [-0.4, -0.2) is 44.0 Å². The zero-order valence-electron chi connectivity index (χ0n) is 27.0. The number of aromatic nitrogens is 1. The number of amides is 1. The molecular weight excluding hydrogens is 583 g/mol. The van der Waals surface area contributed by atoms with Gasteiger partial charge in [0.05, 0.1) is 17.0 Å². The molecule has 0 bridgehead atoms. The van der Waals surface area contributed by atoms with Crippen molar-refractivity contribution in [3.8, 4) is 5.75 Å². The van der Waals surface area contributed by atoms with E-state index in [0.29, 0.717) is 18.8 Å². The minimum atomic E-state index is -2.18. The molecule has 1 amide bonds. The number of hydrogen-bond donors (Lipinski definition) is 2. The van der Waals surface area contributed by atoms with E-state index in [-0.39, 0.29) is 13.2 Å². The number of nitrogens with zero attached hydrogens (tertiary/aromatic N) is 1. The molecular formula is C33H56N2O6PS+. The first-order chi connectivity index (χ1) is 20.9. The Morgan fingerprint density at radius 2 is 1.53 bits per heavy atom. The van der Waals surface area contributed by atoms with Gasteiger partial charge < -0.3 is 24.2 Å². The van der Waals surface area contributed by atoms with Crippen LogP contribution in [0.3, 0.4) is 0 Å². The van der Waals surface area contributed by atoms with E-state index in [4.69, 9.17) is 18.5 Å². The van der Waals surface area contributed by atoms with Crippen LogP contribution in [0, 0.1) is 13.8 Å². The van der Waals surface area contributed by atoms with E-state index >= 15 is 0 Å². The first kappa shape index (κ1) is 37.4. The number of hydrogen-bond acceptors (Lipinski definition) is 7. The number of ether oxygens (including phenoxy) is 2. The molecule has 0 fully saturated rings. The van der Waals surface area contributed by atoms with Crippen molar-refractivity contribution in [2.45, 2.75) is 123 Å². The SMILES string of the molecule is CCCCCCCCCCCCCCCCNC(=O)OCC(COP(O)Oc1ccccc1C[n+]1csc(C)c1C)OC. The summed E-state index contributed by atoms with van der Waals surface area (Å²) < 4.78 is 24.1. The monoisotopic (exact) mass is 639 g/mol. The quantitative estimate of drug-likeness (QED) is 0.0643. The second kappa shape index (κ2) is 23.6. The van der Waals surface area contributed by atoms with Gasteiger partial charge in [0.1, 0.15) is 18.5 Å². The molecule has 2 unspecified atom stereocenters. The third-order valence-corrected chi connectivity index (χ3v) is 9.42. The third-order valence-electron chi connectivity index (χ3n) is 7.69. The number of nitrogens with one attached hydrogen (secondary N) is 1. The van der Waals surface area contributed by atoms with Gasteiger partial charge in [0.25, 0.3) is 0 Å². The molecule has 1 heterocycles. The molecule has 0 saturated carbocycles. The maximum Gasteiger partial charge on any atom is 0.407 e. The number of methoxy groups -OCH3 is 1. The summed E-state index contributed by atoms with van der Waals surface area (Å²) in [5, 5.41) is 2.81. The number of benzene rings is 1. The molecule has 0 aliphatic heterocycles. The van der Waals surface area contributed by atoms with Crippen molar-refractivity contribution in [3.63, 3.8) is 0 Å². The molecule has 2 atom stereocenters. The Hall–Kier alpha value is -1.77. The van der Waals surface area contributed by atoms with Crippen LogP contribution in [0.4, 0.5) is 4.79 Å². The van der Waals surface area contributed by atoms with E-state index in [2.05, 4.69) is 36.2 Å². The summed E-state index contributed by atoms with van der Waals surface area (Å²) in [6.07, 6.45) is 17.3. The summed E-state index contributed by atoms with van der Waals surface area (Å²) in [5.41, 5.74) is 4.23. The van der Waals surface area contributed by atoms with Crippen LogP contribution in [0.5, 0.6) is 5.75 Å². The van der Waals surface area contributed by atoms with Crippen LogP contribution in [0.2, 0.25) is 0 Å². The van der Waals surface area contributed by atoms with Crippen molar-refractivity contribution in [3.05, 3.63) is 45.9 Å². The van der Waals surface area contributed by atoms with Crippen molar-refractivity contribution in [2.75, 3.05) is 26.9 Å². The highest BCUT2D eigenvalue weighted by atomic mass is 32.1. The molecule has 1 aromatic carbocycles. The Morgan fingerprint density at radius 1 is 0.930 bits per heavy atom. The molecule has 2 rings (SSSR count). The molecule has 43 heavy (non-hydrogen) atoms. The van der Waals surface area contributed by atoms with E-state index in [1.807, 2.05) is 24.3 Å². The van der Waals surface area contributed by atoms with Crippen LogP contribution in [0.15, 0.2) is 29.8 Å². The Labute approximate surface area is 265 Å². The lowest BCUT2D eigenvalue weighted by Gasteiger charge is -2.18. The van der Waals surface area contributed by atoms with Crippen LogP contribution in [0.1, 0.15) is 113 Å². The molecule has 2 aromatic rings. The maximum atomic E-state index is 12.1. The summed E-state index contributed by atoms with van der Waals surface area (Å²) in [6, 6.07) is 7.60. The number of carbonyl (C=O) groups is 1. The lowest BCUT2D eigenvalue weighted by molar-refractivity contribution is -0.689. The van der Waals surface area contributed by atoms with Gasteiger partial charge in [-0.15, -0.1) is 0 Å². The van der Waals surface area contributed by atoms with Gasteiger partial charge in [0.2, 0.25) is 5.51 Å². The minimum Gasteiger partial charge on any atom is -0.447 e. The number of para-hydroxylation sites is 1. The molecule has 10 heteroatoms. The number of thiazole rings is 1. The van der Waals surface area contributed by atoms with Crippen LogP contribution < -0.4 is 14.4 Å². The number of carbonyl (C=O) groups excluding carboxylic acids is 1. The van der Waals surface area contributed by atoms with Crippen LogP contribution >= 0.6 is 19.9 Å². The number of alkyl carbamates (subject to hydrolysis) is 1. The summed E-state index contributed by atoms with van der Waals surface area (Å²) in [7, 11) is -0.667. The predicted octanol–water partition coefficient (Wildman–Crippen LogP) is 8.54. The van der Waals surface area contributed by atoms with Crippen molar-refractivity contribution >= 4 is 26.0 Å². The summed E-state index contributed by atoms with van der Waals surface area (Å²) in [6.45, 7) is 7.74. The van der Waals surface area contributed by atoms with Gasteiger partial charge in [-0.1, -0.05) is 114 Å². The Kier molecular flexibility index (Phi) is 20.5. The van der Waals surface area contributed by atoms with E-state index in [1.165, 1.54) is 94.7 Å². The second-order valence-electron chi connectivity index (χ2n) is 11.2. The fourth-order valence-electron chi connectivity index (χ4n) is 4.74. The van der Waals surface area contributed by atoms with Gasteiger partial charge in [-0.2, -0.15) is 4.57 Å². The zero-order chi connectivity index (χ0) is 31.1. The molecule has 1 aromatic heterocycles. The van der Waals surface area contributed by atoms with Gasteiger partial charge in [-0.3, -0.25) is 4.52 Å². The fraction of sp³-hybridized carbons (Fsp3) is 0.697. The van der Waals surface area contributed by atoms with E-state index < -0.39 is 20.8 Å². The molecule has 2 N–H and O–H groups in total. The molecule has 0 radical (unpaired) electrons. The Morgan fingerprint density at radius 3 is 2.12 bits per heavy atom. The summed E-state index contributed by atoms with van der Waals surface area (Å²) in [5.74, 6) is 0.569. The lowest BCUT2D eigenvalue weighted by atomic mass is 10.0. The average Bonchev–Trinajstić information content (AvgIpc) is 3.32. The first-order valence-electron chi connectivity index (χ1n) is 16.2. The van der Waals surface area contributed by atoms with Crippen molar-refractivity contribution < 1.29 is 32.8 Å². The van der Waals surface area contributed by atoms with E-state index in [0.717, 1.165) is 18.4 Å². The molecule has 0 spiro atoms. The van der Waals surface area contributed by atoms with Gasteiger partial charge in [-0.25, -0.2) is 4.79 Å². The Balaban J connectivity index is 1.51. The maximum absolute atomic E-state index is 12.1. The second-order valence-corrected chi connectivity index (χ2v) is 13.2. The smallest absolute Gasteiger partial charge is 0.407 e. The highest BCUT2D eigenvalue weighted by Crippen LogP contribution is 2.36. The molecule has 8 nitrogen and oxygen atoms in total. The van der Waals surface area contributed by atoms with E-state index in [9.17, 15) is 9.69 Å². The molecule has 0 aliphatic rings. The molecule has 0 saturated heterocycles. The summed E-state index contributed by atoms with van der Waals surface area (Å²) >= 11 is 1.70. The largest absolute Gasteiger partial charge is 0.447 e. The zero-order valence-corrected chi connectivity index (χ0v) is 28.7. The van der Waals surface area contributed by atoms with Crippen LogP contribution in [0.25, 0.3) is 0 Å². The van der Waals surface area contributed by atoms with Crippen molar-refractivity contribution in [2.24, 2.45) is 0 Å². The standard InChI is InChI=1S/C33H55N2O6PS/c1-5-6-7-8-9-10-11-12-13-14-15-16-17-20-23-34-33(36)39-25-31(38-4)26-40-42(37)41-32-22-19-18-21-30(32)24-35-27-43-29(3)28(35)2/h18-19,21-22,27,31,37H,5-17,20,23-26H2,1-4H3/p+1. The molecule has 244 valence electrons. The predicted molar refractivity (Wildman–Crippen MR) is 176 cm³/mol. The van der Waals surface area contributed by atoms with Crippen LogP contribution in [-0.2, 0) is 20.5 Å². The number of rotatable bonds is 25. The van der Waals surface area contributed by atoms with E-state index in [1.54, 1.807) is 11.3 Å². The first-order valence-corrected chi connectivity index (χ1v) is 18.2. The highest BCUT2D eigenvalue weighted by Gasteiger charge is 2.20. The van der Waals surface area contributed by atoms with Gasteiger partial charge in [0, 0.05) is 20.6 Å². The average molecular weight is 640 g/mol. The Bertz CT molecular complexity index is 1010. The van der Waals surface area contributed by atoms with Gasteiger partial charge in [-0.05, 0) is 25.5 Å². The third kappa shape index (κ3) is 16.8. The fourth-order valence-corrected chi connectivity index (χ4v) is 6.24. The lowest BCUT2D eigenvalue weighted by Crippen LogP contribution is -2.35.